The maximum absolute atomic E-state index is 13.0. The predicted molar refractivity (Wildman–Crippen MR) is 92.1 cm³/mol. The summed E-state index contributed by atoms with van der Waals surface area (Å²) in [7, 11) is 1.85. The number of carbonyl (C=O) groups is 1. The molecular formula is C17H21FN4OS. The van der Waals surface area contributed by atoms with E-state index in [9.17, 15) is 9.18 Å². The summed E-state index contributed by atoms with van der Waals surface area (Å²) < 4.78 is 14.8. The smallest absolute Gasteiger partial charge is 0.230 e. The Bertz CT molecular complexity index is 695. The van der Waals surface area contributed by atoms with Gasteiger partial charge >= 0.3 is 0 Å². The van der Waals surface area contributed by atoms with Crippen molar-refractivity contribution >= 4 is 17.7 Å². The average Bonchev–Trinajstić information content (AvgIpc) is 2.95. The van der Waals surface area contributed by atoms with Crippen molar-refractivity contribution in [1.82, 2.24) is 20.1 Å². The summed E-state index contributed by atoms with van der Waals surface area (Å²) >= 11 is 1.37. The molecule has 128 valence electrons. The Morgan fingerprint density at radius 1 is 1.25 bits per heavy atom. The van der Waals surface area contributed by atoms with E-state index < -0.39 is 0 Å². The van der Waals surface area contributed by atoms with Gasteiger partial charge in [-0.05, 0) is 37.1 Å². The van der Waals surface area contributed by atoms with Crippen molar-refractivity contribution < 1.29 is 9.18 Å². The highest BCUT2D eigenvalue weighted by atomic mass is 32.2. The largest absolute Gasteiger partial charge is 0.353 e. The summed E-state index contributed by atoms with van der Waals surface area (Å²) in [5.41, 5.74) is 0.796. The Labute approximate surface area is 145 Å². The van der Waals surface area contributed by atoms with Crippen LogP contribution in [0.2, 0.25) is 0 Å². The van der Waals surface area contributed by atoms with Crippen molar-refractivity contribution in [3.63, 3.8) is 0 Å². The molecule has 5 nitrogen and oxygen atoms in total. The van der Waals surface area contributed by atoms with Gasteiger partial charge in [-0.15, -0.1) is 10.2 Å². The van der Waals surface area contributed by atoms with E-state index in [0.717, 1.165) is 18.4 Å². The van der Waals surface area contributed by atoms with E-state index in [-0.39, 0.29) is 11.7 Å². The van der Waals surface area contributed by atoms with Crippen molar-refractivity contribution in [2.45, 2.75) is 43.3 Å². The third kappa shape index (κ3) is 4.14. The number of halogens is 1. The molecule has 1 aromatic heterocycles. The molecule has 0 radical (unpaired) electrons. The van der Waals surface area contributed by atoms with Crippen LogP contribution >= 0.6 is 11.8 Å². The predicted octanol–water partition coefficient (Wildman–Crippen LogP) is 3.16. The van der Waals surface area contributed by atoms with Crippen LogP contribution in [-0.4, -0.2) is 32.5 Å². The minimum atomic E-state index is -0.282. The summed E-state index contributed by atoms with van der Waals surface area (Å²) in [6, 6.07) is 6.46. The van der Waals surface area contributed by atoms with Crippen LogP contribution in [0.4, 0.5) is 4.39 Å². The molecule has 3 rings (SSSR count). The summed E-state index contributed by atoms with van der Waals surface area (Å²) in [5, 5.41) is 12.1. The van der Waals surface area contributed by atoms with Crippen molar-refractivity contribution in [2.24, 2.45) is 7.05 Å². The van der Waals surface area contributed by atoms with Gasteiger partial charge in [0.05, 0.1) is 5.75 Å². The molecule has 0 aliphatic heterocycles. The Morgan fingerprint density at radius 2 is 1.96 bits per heavy atom. The van der Waals surface area contributed by atoms with Gasteiger partial charge in [-0.3, -0.25) is 4.79 Å². The summed E-state index contributed by atoms with van der Waals surface area (Å²) in [4.78, 5) is 12.1. The van der Waals surface area contributed by atoms with Gasteiger partial charge in [-0.2, -0.15) is 0 Å². The van der Waals surface area contributed by atoms with E-state index in [1.165, 1.54) is 43.2 Å². The number of nitrogens with zero attached hydrogens (tertiary/aromatic N) is 3. The van der Waals surface area contributed by atoms with Crippen molar-refractivity contribution in [1.29, 1.82) is 0 Å². The molecule has 24 heavy (non-hydrogen) atoms. The van der Waals surface area contributed by atoms with Crippen LogP contribution in [0.15, 0.2) is 29.4 Å². The quantitative estimate of drug-likeness (QED) is 0.843. The molecule has 0 atom stereocenters. The van der Waals surface area contributed by atoms with Gasteiger partial charge in [0.15, 0.2) is 11.0 Å². The number of nitrogens with one attached hydrogen (secondary N) is 1. The molecule has 0 spiro atoms. The fourth-order valence-corrected chi connectivity index (χ4v) is 3.66. The van der Waals surface area contributed by atoms with E-state index >= 15 is 0 Å². The number of aromatic nitrogens is 3. The summed E-state index contributed by atoms with van der Waals surface area (Å²) in [6.45, 7) is 0. The lowest BCUT2D eigenvalue weighted by atomic mass is 9.95. The number of thioether (sulfide) groups is 1. The van der Waals surface area contributed by atoms with E-state index in [4.69, 9.17) is 0 Å². The molecular weight excluding hydrogens is 327 g/mol. The number of hydrogen-bond acceptors (Lipinski definition) is 4. The molecule has 1 aromatic carbocycles. The maximum atomic E-state index is 13.0. The molecule has 1 amide bonds. The summed E-state index contributed by atoms with van der Waals surface area (Å²) in [6.07, 6.45) is 5.82. The topological polar surface area (TPSA) is 59.8 Å². The summed E-state index contributed by atoms with van der Waals surface area (Å²) in [5.74, 6) is 0.740. The Hall–Kier alpha value is -1.89. The second-order valence-corrected chi connectivity index (χ2v) is 7.01. The Kier molecular flexibility index (Phi) is 5.50. The third-order valence-electron chi connectivity index (χ3n) is 4.24. The first-order valence-corrected chi connectivity index (χ1v) is 9.19. The molecule has 1 saturated carbocycles. The zero-order valence-corrected chi connectivity index (χ0v) is 14.5. The first-order chi connectivity index (χ1) is 11.6. The second-order valence-electron chi connectivity index (χ2n) is 6.06. The number of amides is 1. The number of carbonyl (C=O) groups excluding carboxylic acids is 1. The standard InChI is InChI=1S/C17H21FN4OS/c1-22-16(12-7-9-13(18)10-8-12)20-21-17(22)24-11-15(23)19-14-5-3-2-4-6-14/h7-10,14H,2-6,11H2,1H3,(H,19,23). The number of rotatable bonds is 5. The van der Waals surface area contributed by atoms with Crippen LogP contribution in [0.1, 0.15) is 32.1 Å². The molecule has 7 heteroatoms. The minimum Gasteiger partial charge on any atom is -0.353 e. The van der Waals surface area contributed by atoms with Gasteiger partial charge in [0.2, 0.25) is 5.91 Å². The fraction of sp³-hybridized carbons (Fsp3) is 0.471. The highest BCUT2D eigenvalue weighted by Crippen LogP contribution is 2.23. The van der Waals surface area contributed by atoms with Gasteiger partial charge in [0.25, 0.3) is 0 Å². The van der Waals surface area contributed by atoms with Crippen molar-refractivity contribution in [2.75, 3.05) is 5.75 Å². The van der Waals surface area contributed by atoms with Crippen LogP contribution in [-0.2, 0) is 11.8 Å². The monoisotopic (exact) mass is 348 g/mol. The molecule has 1 aliphatic rings. The molecule has 1 fully saturated rings. The normalized spacial score (nSPS) is 15.4. The lowest BCUT2D eigenvalue weighted by molar-refractivity contribution is -0.119. The zero-order chi connectivity index (χ0) is 16.9. The van der Waals surface area contributed by atoms with Crippen molar-refractivity contribution in [3.05, 3.63) is 30.1 Å². The van der Waals surface area contributed by atoms with Crippen LogP contribution < -0.4 is 5.32 Å². The molecule has 2 aromatic rings. The molecule has 0 saturated heterocycles. The molecule has 0 bridgehead atoms. The average molecular weight is 348 g/mol. The Balaban J connectivity index is 1.57. The van der Waals surface area contributed by atoms with Crippen LogP contribution in [0.5, 0.6) is 0 Å². The third-order valence-corrected chi connectivity index (χ3v) is 5.26. The fourth-order valence-electron chi connectivity index (χ4n) is 2.94. The SMILES string of the molecule is Cn1c(SCC(=O)NC2CCCCC2)nnc1-c1ccc(F)cc1. The van der Waals surface area contributed by atoms with Gasteiger partial charge < -0.3 is 9.88 Å². The Morgan fingerprint density at radius 3 is 2.67 bits per heavy atom. The highest BCUT2D eigenvalue weighted by Gasteiger charge is 2.17. The molecule has 1 N–H and O–H groups in total. The maximum Gasteiger partial charge on any atom is 0.230 e. The second kappa shape index (κ2) is 7.79. The molecule has 1 heterocycles. The van der Waals surface area contributed by atoms with Crippen molar-refractivity contribution in [3.8, 4) is 11.4 Å². The molecule has 0 unspecified atom stereocenters. The van der Waals surface area contributed by atoms with E-state index in [1.54, 1.807) is 12.1 Å². The van der Waals surface area contributed by atoms with Crippen LogP contribution in [0.3, 0.4) is 0 Å². The van der Waals surface area contributed by atoms with E-state index in [0.29, 0.717) is 22.8 Å². The van der Waals surface area contributed by atoms with E-state index in [2.05, 4.69) is 15.5 Å². The highest BCUT2D eigenvalue weighted by molar-refractivity contribution is 7.99. The lowest BCUT2D eigenvalue weighted by Gasteiger charge is -2.22. The number of benzene rings is 1. The minimum absolute atomic E-state index is 0.0400. The van der Waals surface area contributed by atoms with Crippen LogP contribution in [0, 0.1) is 5.82 Å². The first-order valence-electron chi connectivity index (χ1n) is 8.21. The van der Waals surface area contributed by atoms with Gasteiger partial charge in [0.1, 0.15) is 5.82 Å². The zero-order valence-electron chi connectivity index (χ0n) is 13.7. The van der Waals surface area contributed by atoms with Crippen LogP contribution in [0.25, 0.3) is 11.4 Å². The lowest BCUT2D eigenvalue weighted by Crippen LogP contribution is -2.37. The van der Waals surface area contributed by atoms with Gasteiger partial charge in [-0.25, -0.2) is 4.39 Å². The van der Waals surface area contributed by atoms with E-state index in [1.807, 2.05) is 11.6 Å². The first kappa shape index (κ1) is 17.0. The van der Waals surface area contributed by atoms with Gasteiger partial charge in [-0.1, -0.05) is 31.0 Å². The van der Waals surface area contributed by atoms with Gasteiger partial charge in [0, 0.05) is 18.7 Å². The molecule has 1 aliphatic carbocycles. The number of hydrogen-bond donors (Lipinski definition) is 1.